The third-order valence-corrected chi connectivity index (χ3v) is 30.3. The quantitative estimate of drug-likeness (QED) is 0.182. The van der Waals surface area contributed by atoms with E-state index < -0.39 is 0 Å². The molecule has 0 bridgehead atoms. The standard InChI is InChI=1S/C10H22N2.C9H20N2.2C9H19N.2C8H18N2.C8H17NO.C8H15NO.2C8H17NO.2C8H17N.C7H15NS/c1-5-11-6-8-12(9-7-11)10(2,3)4;1-4-10-5-7-11(8-6-10)9(2)3;1-8(2)10-6-4-9(3)5-7-10;1-8(2)10-7-5-4-6-9(10)3;2*1-8(2)10-6-4-9(3)5-7-10;1-8(2,3)9-4-6-10-7-5-9;1-7(2)9-5-3-8(10)4-6-9;1-7(2)9-5-3-4-8(9)6-10;1-7(2)9-5-3-4-8(10)6-9;1-8(2,3)9-6-4-5-7-9;1-8(2)9-6-4-3-5-7-9;1-7(2)8-3-5-9-6-4-8/h5-9H2,1-4H3;9H,4-8H2,1-3H3;2*8-9H,4-7H2,1-3H3;2*8H,4-7H2,1-3H3;4-7H2,1-3H3;7H,3-6H2,1-2H3;2*7-8,10H,3-6H2,1-2H3;4-7H2,1-3H3;8H,3-7H2,1-2H3;7H,3-6H2,1-2H3/t;;;;;;;;2*8-;;;/m........01.../s1. The SMILES string of the molecule is CC(C)(C)N1CCCC1.CC(C)(C)N1CCOCC1.CC(C)N1CCC(=O)CC1.CC(C)N1CCCCC1.CC(C)N1CCCCC1C.CC(C)N1CCC[C@@H](O)C1.CC(C)N1CCC[C@H]1CO.CC(C)N1CCN(C)CC1.CC(C)N1CCN(C)CC1.CC(C)N1CCSCC1.CC1CCN(C(C)C)CC1.CCN1CCN(C(C)(C)C)CC1.CCN1CCN(C(C)C)CC1. The number of likely N-dealkylation sites (tertiary alicyclic amines) is 7. The van der Waals surface area contributed by atoms with E-state index in [0.717, 1.165) is 132 Å². The summed E-state index contributed by atoms with van der Waals surface area (Å²) in [7, 11) is 4.38. The third kappa shape index (κ3) is 59.1. The summed E-state index contributed by atoms with van der Waals surface area (Å²) in [4.78, 5) is 53.1. The fourth-order valence-corrected chi connectivity index (χ4v) is 20.0. The van der Waals surface area contributed by atoms with Crippen molar-refractivity contribution in [1.29, 1.82) is 0 Å². The van der Waals surface area contributed by atoms with Crippen LogP contribution in [0.5, 0.6) is 0 Å². The van der Waals surface area contributed by atoms with E-state index >= 15 is 0 Å². The summed E-state index contributed by atoms with van der Waals surface area (Å²) >= 11 is 2.07. The number of ketones is 1. The lowest BCUT2D eigenvalue weighted by Gasteiger charge is -2.42. The lowest BCUT2D eigenvalue weighted by Crippen LogP contribution is -2.53. The van der Waals surface area contributed by atoms with Crippen LogP contribution in [0.1, 0.15) is 331 Å². The molecule has 1 unspecified atom stereocenters. The molecule has 13 rings (SSSR count). The first-order valence-corrected chi connectivity index (χ1v) is 55.7. The van der Waals surface area contributed by atoms with Crippen molar-refractivity contribution in [2.75, 3.05) is 268 Å². The number of morpholine rings is 1. The number of thioether (sulfide) groups is 1. The number of nitrogens with zero attached hydrogens (tertiary/aromatic N) is 17. The fraction of sp³-hybridized carbons (Fsp3) is 0.991. The van der Waals surface area contributed by atoms with Crippen molar-refractivity contribution in [2.24, 2.45) is 5.92 Å². The molecule has 21 nitrogen and oxygen atoms in total. The van der Waals surface area contributed by atoms with E-state index in [2.05, 4.69) is 338 Å². The minimum atomic E-state index is -0.0730. The van der Waals surface area contributed by atoms with Crippen molar-refractivity contribution in [3.05, 3.63) is 0 Å². The molecule has 0 radical (unpaired) electrons. The van der Waals surface area contributed by atoms with Crippen LogP contribution in [0.4, 0.5) is 0 Å². The van der Waals surface area contributed by atoms with Gasteiger partial charge in [0.1, 0.15) is 5.78 Å². The third-order valence-electron chi connectivity index (χ3n) is 29.4. The van der Waals surface area contributed by atoms with Crippen LogP contribution in [-0.4, -0.2) is 462 Å². The predicted molar refractivity (Wildman–Crippen MR) is 573 cm³/mol. The van der Waals surface area contributed by atoms with Gasteiger partial charge in [0.15, 0.2) is 0 Å². The monoisotopic (exact) mass is 1860 g/mol. The second-order valence-corrected chi connectivity index (χ2v) is 47.2. The number of hydrogen-bond acceptors (Lipinski definition) is 22. The Morgan fingerprint density at radius 3 is 0.969 bits per heavy atom. The first-order valence-electron chi connectivity index (χ1n) is 54.5. The number of β-amino-alcohol motifs (C(OH)–C–C–N with tert-alkyl or cyclic N) is 1. The molecular formula is C108H231N17O4S. The summed E-state index contributed by atoms with van der Waals surface area (Å²) in [5.74, 6) is 4.06. The molecule has 0 amide bonds. The summed E-state index contributed by atoms with van der Waals surface area (Å²) in [5.41, 5.74) is 1.10. The van der Waals surface area contributed by atoms with E-state index in [1.54, 1.807) is 0 Å². The Hall–Kier alpha value is -0.780. The van der Waals surface area contributed by atoms with Gasteiger partial charge in [0.05, 0.1) is 25.9 Å². The molecule has 2 N–H and O–H groups in total. The minimum absolute atomic E-state index is 0.0730. The number of carbonyl (C=O) groups excluding carboxylic acids is 1. The molecule has 13 saturated heterocycles. The Morgan fingerprint density at radius 1 is 0.331 bits per heavy atom. The van der Waals surface area contributed by atoms with Crippen LogP contribution >= 0.6 is 11.8 Å². The molecule has 0 aliphatic carbocycles. The van der Waals surface area contributed by atoms with Crippen LogP contribution in [0.2, 0.25) is 0 Å². The summed E-state index contributed by atoms with van der Waals surface area (Å²) < 4.78 is 5.25. The van der Waals surface area contributed by atoms with Gasteiger partial charge in [0, 0.05) is 264 Å². The zero-order chi connectivity index (χ0) is 98.3. The van der Waals surface area contributed by atoms with Crippen molar-refractivity contribution in [3.63, 3.8) is 0 Å². The topological polar surface area (TPSA) is 122 Å². The maximum atomic E-state index is 10.8. The molecule has 22 heteroatoms. The fourth-order valence-electron chi connectivity index (χ4n) is 19.1. The van der Waals surface area contributed by atoms with E-state index in [0.29, 0.717) is 53.2 Å². The van der Waals surface area contributed by atoms with Gasteiger partial charge in [-0.15, -0.1) is 0 Å². The van der Waals surface area contributed by atoms with Crippen LogP contribution in [-0.2, 0) is 9.53 Å². The van der Waals surface area contributed by atoms with Gasteiger partial charge in [-0.05, 0) is 377 Å². The van der Waals surface area contributed by atoms with Crippen LogP contribution in [0, 0.1) is 5.92 Å². The van der Waals surface area contributed by atoms with Gasteiger partial charge >= 0.3 is 0 Å². The summed E-state index contributed by atoms with van der Waals surface area (Å²) in [6.07, 6.45) is 20.1. The van der Waals surface area contributed by atoms with Crippen molar-refractivity contribution >= 4 is 17.5 Å². The van der Waals surface area contributed by atoms with Gasteiger partial charge < -0.3 is 49.2 Å². The Kier molecular flexibility index (Phi) is 70.1. The zero-order valence-corrected chi connectivity index (χ0v) is 94.5. The molecule has 13 aliphatic rings. The molecule has 13 fully saturated rings. The number of aliphatic hydroxyl groups is 2. The van der Waals surface area contributed by atoms with Gasteiger partial charge in [0.2, 0.25) is 0 Å². The number of likely N-dealkylation sites (N-methyl/N-ethyl adjacent to an activating group) is 4. The minimum Gasteiger partial charge on any atom is -0.395 e. The Bertz CT molecular complexity index is 2480. The largest absolute Gasteiger partial charge is 0.395 e. The highest BCUT2D eigenvalue weighted by molar-refractivity contribution is 7.99. The van der Waals surface area contributed by atoms with Gasteiger partial charge in [-0.3, -0.25) is 53.8 Å². The molecule has 13 aliphatic heterocycles. The first-order chi connectivity index (χ1) is 61.1. The lowest BCUT2D eigenvalue weighted by atomic mass is 9.98. The molecule has 0 aromatic heterocycles. The van der Waals surface area contributed by atoms with Crippen molar-refractivity contribution in [2.45, 2.75) is 426 Å². The average Bonchev–Trinajstić information content (AvgIpc) is 1.23. The van der Waals surface area contributed by atoms with Gasteiger partial charge in [-0.1, -0.05) is 33.6 Å². The molecule has 0 aromatic rings. The van der Waals surface area contributed by atoms with Crippen LogP contribution in [0.15, 0.2) is 0 Å². The number of piperidine rings is 5. The highest BCUT2D eigenvalue weighted by Crippen LogP contribution is 2.24. The molecule has 130 heavy (non-hydrogen) atoms. The highest BCUT2D eigenvalue weighted by atomic mass is 32.2. The average molecular weight is 1860 g/mol. The summed E-state index contributed by atoms with van der Waals surface area (Å²) in [6.45, 7) is 118. The van der Waals surface area contributed by atoms with E-state index in [9.17, 15) is 9.90 Å². The van der Waals surface area contributed by atoms with E-state index in [-0.39, 0.29) is 6.10 Å². The van der Waals surface area contributed by atoms with Crippen LogP contribution < -0.4 is 0 Å². The maximum absolute atomic E-state index is 10.8. The van der Waals surface area contributed by atoms with Crippen LogP contribution in [0.3, 0.4) is 0 Å². The molecule has 0 spiro atoms. The van der Waals surface area contributed by atoms with Gasteiger partial charge in [0.25, 0.3) is 0 Å². The highest BCUT2D eigenvalue weighted by Gasteiger charge is 2.30. The number of Topliss-reactive ketones (excluding diaryl/α,β-unsaturated/α-hetero) is 1. The predicted octanol–water partition coefficient (Wildman–Crippen LogP) is 17.2. The molecular weight excluding hydrogens is 1630 g/mol. The smallest absolute Gasteiger partial charge is 0.135 e. The number of carbonyl (C=O) groups is 1. The van der Waals surface area contributed by atoms with Crippen molar-refractivity contribution < 1.29 is 19.7 Å². The number of ether oxygens (including phenoxy) is 1. The molecule has 13 heterocycles. The summed E-state index contributed by atoms with van der Waals surface area (Å²) in [5, 5.41) is 18.2. The zero-order valence-electron chi connectivity index (χ0n) is 93.7. The van der Waals surface area contributed by atoms with Gasteiger partial charge in [-0.25, -0.2) is 0 Å². The first kappa shape index (κ1) is 127. The maximum Gasteiger partial charge on any atom is 0.135 e. The second kappa shape index (κ2) is 71.6. The number of aliphatic hydroxyl groups excluding tert-OH is 2. The van der Waals surface area contributed by atoms with E-state index in [1.807, 2.05) is 0 Å². The summed E-state index contributed by atoms with van der Waals surface area (Å²) in [6, 6.07) is 8.28. The Labute approximate surface area is 816 Å². The molecule has 3 atom stereocenters. The van der Waals surface area contributed by atoms with Crippen LogP contribution in [0.25, 0.3) is 0 Å². The van der Waals surface area contributed by atoms with E-state index in [1.165, 1.54) is 272 Å². The Morgan fingerprint density at radius 2 is 0.654 bits per heavy atom. The number of hydrogen-bond donors (Lipinski definition) is 2. The Balaban J connectivity index is 0.000000705. The van der Waals surface area contributed by atoms with E-state index in [4.69, 9.17) is 9.84 Å². The molecule has 778 valence electrons. The van der Waals surface area contributed by atoms with Crippen molar-refractivity contribution in [3.8, 4) is 0 Å². The lowest BCUT2D eigenvalue weighted by molar-refractivity contribution is -0.121. The number of rotatable bonds is 13. The molecule has 0 saturated carbocycles. The van der Waals surface area contributed by atoms with Gasteiger partial charge in [-0.2, -0.15) is 11.8 Å². The van der Waals surface area contributed by atoms with Crippen molar-refractivity contribution in [1.82, 2.24) is 83.3 Å². The number of piperazine rings is 4. The second-order valence-electron chi connectivity index (χ2n) is 45.9. The molecule has 0 aromatic carbocycles. The normalized spacial score (nSPS) is 24.5.